The topological polar surface area (TPSA) is 86.8 Å². The number of amides is 1. The van der Waals surface area contributed by atoms with E-state index >= 15 is 0 Å². The van der Waals surface area contributed by atoms with Gasteiger partial charge < -0.3 is 10.2 Å². The fourth-order valence-electron chi connectivity index (χ4n) is 4.28. The largest absolute Gasteiger partial charge is 0.340 e. The average Bonchev–Trinajstić information content (AvgIpc) is 3.41. The third kappa shape index (κ3) is 3.79. The molecule has 4 heterocycles. The van der Waals surface area contributed by atoms with Crippen LogP contribution >= 0.6 is 0 Å². The van der Waals surface area contributed by atoms with Crippen molar-refractivity contribution in [3.05, 3.63) is 77.1 Å². The fraction of sp³-hybridized carbons (Fsp3) is 0.250. The molecule has 0 saturated carbocycles. The predicted octanol–water partition coefficient (Wildman–Crippen LogP) is 4.83. The molecule has 0 aliphatic carbocycles. The van der Waals surface area contributed by atoms with E-state index in [1.807, 2.05) is 49.1 Å². The molecule has 1 saturated heterocycles. The highest BCUT2D eigenvalue weighted by atomic mass is 19.1. The van der Waals surface area contributed by atoms with Gasteiger partial charge in [-0.05, 0) is 63.1 Å². The van der Waals surface area contributed by atoms with Crippen LogP contribution in [0.2, 0.25) is 0 Å². The number of nitrogens with zero attached hydrogens (tertiary/aromatic N) is 4. The monoisotopic (exact) mass is 430 g/mol. The van der Waals surface area contributed by atoms with Gasteiger partial charge in [0.05, 0.1) is 23.4 Å². The van der Waals surface area contributed by atoms with Crippen LogP contribution < -0.4 is 5.32 Å². The maximum atomic E-state index is 13.5. The number of fused-ring (bicyclic) bond motifs is 1. The van der Waals surface area contributed by atoms with Crippen LogP contribution in [-0.2, 0) is 0 Å². The van der Waals surface area contributed by atoms with E-state index in [0.717, 1.165) is 46.4 Å². The maximum Gasteiger partial charge on any atom is 0.275 e. The molecule has 1 atom stereocenters. The van der Waals surface area contributed by atoms with Crippen LogP contribution in [0.3, 0.4) is 0 Å². The van der Waals surface area contributed by atoms with E-state index in [1.165, 1.54) is 12.3 Å². The quantitative estimate of drug-likeness (QED) is 0.484. The number of carbonyl (C=O) groups excluding carboxylic acids is 1. The lowest BCUT2D eigenvalue weighted by Gasteiger charge is -2.24. The lowest BCUT2D eigenvalue weighted by atomic mass is 10.1. The average molecular weight is 430 g/mol. The molecule has 1 aliphatic heterocycles. The van der Waals surface area contributed by atoms with E-state index in [9.17, 15) is 9.18 Å². The molecule has 1 aliphatic rings. The van der Waals surface area contributed by atoms with Crippen LogP contribution in [0.25, 0.3) is 10.9 Å². The van der Waals surface area contributed by atoms with Gasteiger partial charge in [0.25, 0.3) is 5.91 Å². The van der Waals surface area contributed by atoms with E-state index < -0.39 is 0 Å². The number of carbonyl (C=O) groups is 1. The molecule has 8 heteroatoms. The van der Waals surface area contributed by atoms with E-state index in [0.29, 0.717) is 18.1 Å². The third-order valence-electron chi connectivity index (χ3n) is 5.75. The van der Waals surface area contributed by atoms with Gasteiger partial charge in [-0.25, -0.2) is 9.37 Å². The van der Waals surface area contributed by atoms with Gasteiger partial charge in [-0.2, -0.15) is 5.10 Å². The number of aryl methyl sites for hydroxylation is 2. The summed E-state index contributed by atoms with van der Waals surface area (Å²) >= 11 is 0. The molecule has 32 heavy (non-hydrogen) atoms. The van der Waals surface area contributed by atoms with Gasteiger partial charge in [-0.3, -0.25) is 14.9 Å². The van der Waals surface area contributed by atoms with Crippen LogP contribution in [0.1, 0.15) is 46.3 Å². The first-order valence-corrected chi connectivity index (χ1v) is 10.6. The number of nitrogens with one attached hydrogen (secondary N) is 2. The maximum absolute atomic E-state index is 13.5. The lowest BCUT2D eigenvalue weighted by molar-refractivity contribution is 0.0728. The van der Waals surface area contributed by atoms with Gasteiger partial charge in [0.2, 0.25) is 0 Å². The first kappa shape index (κ1) is 20.1. The molecule has 4 aromatic rings. The second kappa shape index (κ2) is 8.03. The summed E-state index contributed by atoms with van der Waals surface area (Å²) in [5.41, 5.74) is 4.81. The Balaban J connectivity index is 1.45. The van der Waals surface area contributed by atoms with Crippen molar-refractivity contribution >= 4 is 28.3 Å². The molecular weight excluding hydrogens is 407 g/mol. The predicted molar refractivity (Wildman–Crippen MR) is 120 cm³/mol. The van der Waals surface area contributed by atoms with Crippen molar-refractivity contribution in [1.29, 1.82) is 0 Å². The van der Waals surface area contributed by atoms with E-state index in [4.69, 9.17) is 4.98 Å². The summed E-state index contributed by atoms with van der Waals surface area (Å²) in [6, 6.07) is 12.6. The highest BCUT2D eigenvalue weighted by Gasteiger charge is 2.33. The number of hydrogen-bond acceptors (Lipinski definition) is 5. The Kier molecular flexibility index (Phi) is 5.05. The first-order chi connectivity index (χ1) is 15.5. The van der Waals surface area contributed by atoms with E-state index in [1.54, 1.807) is 6.07 Å². The zero-order valence-corrected chi connectivity index (χ0v) is 17.9. The van der Waals surface area contributed by atoms with Crippen LogP contribution in [0, 0.1) is 19.7 Å². The van der Waals surface area contributed by atoms with Crippen LogP contribution in [0.5, 0.6) is 0 Å². The van der Waals surface area contributed by atoms with Gasteiger partial charge in [-0.15, -0.1) is 0 Å². The molecule has 2 N–H and O–H groups in total. The van der Waals surface area contributed by atoms with Crippen molar-refractivity contribution in [3.63, 3.8) is 0 Å². The second-order valence-corrected chi connectivity index (χ2v) is 8.19. The van der Waals surface area contributed by atoms with Crippen molar-refractivity contribution in [3.8, 4) is 0 Å². The van der Waals surface area contributed by atoms with Crippen LogP contribution in [0.4, 0.5) is 15.9 Å². The summed E-state index contributed by atoms with van der Waals surface area (Å²) < 4.78 is 13.2. The van der Waals surface area contributed by atoms with E-state index in [2.05, 4.69) is 20.5 Å². The Morgan fingerprint density at radius 3 is 2.88 bits per heavy atom. The SMILES string of the molecule is Cc1ccc2[nH]nc(C(=O)N3CCC[C@H]3c3cc(Nc4ccc(F)cn4)cc(C)n3)c2c1. The van der Waals surface area contributed by atoms with Crippen molar-refractivity contribution in [2.45, 2.75) is 32.7 Å². The van der Waals surface area contributed by atoms with Gasteiger partial charge >= 0.3 is 0 Å². The number of hydrogen-bond donors (Lipinski definition) is 2. The standard InChI is InChI=1S/C24H23FN6O/c1-14-5-7-19-18(10-14)23(30-29-19)24(32)31-9-3-4-21(31)20-12-17(11-15(2)27-20)28-22-8-6-16(25)13-26-22/h5-8,10-13,21H,3-4,9H2,1-2H3,(H,29,30)(H,26,27,28)/t21-/m0/s1. The van der Waals surface area contributed by atoms with Gasteiger partial charge in [0, 0.05) is 23.3 Å². The molecule has 0 radical (unpaired) electrons. The number of pyridine rings is 2. The Hall–Kier alpha value is -3.81. The summed E-state index contributed by atoms with van der Waals surface area (Å²) in [4.78, 5) is 24.1. The molecule has 0 unspecified atom stereocenters. The summed E-state index contributed by atoms with van der Waals surface area (Å²) in [5.74, 6) is 0.0615. The van der Waals surface area contributed by atoms with Gasteiger partial charge in [0.15, 0.2) is 5.69 Å². The summed E-state index contributed by atoms with van der Waals surface area (Å²) in [6.45, 7) is 4.57. The van der Waals surface area contributed by atoms with Crippen molar-refractivity contribution in [1.82, 2.24) is 25.1 Å². The minimum absolute atomic E-state index is 0.0950. The molecule has 1 amide bonds. The summed E-state index contributed by atoms with van der Waals surface area (Å²) in [7, 11) is 0. The van der Waals surface area contributed by atoms with E-state index in [-0.39, 0.29) is 17.8 Å². The minimum Gasteiger partial charge on any atom is -0.340 e. The third-order valence-corrected chi connectivity index (χ3v) is 5.75. The van der Waals surface area contributed by atoms with Crippen LogP contribution in [0.15, 0.2) is 48.7 Å². The number of halogens is 1. The first-order valence-electron chi connectivity index (χ1n) is 10.6. The number of aromatic amines is 1. The number of benzene rings is 1. The number of rotatable bonds is 4. The minimum atomic E-state index is -0.386. The molecule has 7 nitrogen and oxygen atoms in total. The van der Waals surface area contributed by atoms with Gasteiger partial charge in [-0.1, -0.05) is 11.6 Å². The fourth-order valence-corrected chi connectivity index (χ4v) is 4.28. The molecule has 0 bridgehead atoms. The molecule has 162 valence electrons. The molecule has 1 fully saturated rings. The lowest BCUT2D eigenvalue weighted by Crippen LogP contribution is -2.31. The van der Waals surface area contributed by atoms with Crippen molar-refractivity contribution in [2.75, 3.05) is 11.9 Å². The second-order valence-electron chi connectivity index (χ2n) is 8.19. The smallest absolute Gasteiger partial charge is 0.275 e. The van der Waals surface area contributed by atoms with Crippen molar-refractivity contribution < 1.29 is 9.18 Å². The zero-order valence-electron chi connectivity index (χ0n) is 17.9. The molecule has 5 rings (SSSR count). The number of likely N-dealkylation sites (tertiary alicyclic amines) is 1. The highest BCUT2D eigenvalue weighted by molar-refractivity contribution is 6.05. The Labute approximate surface area is 184 Å². The molecular formula is C24H23FN6O. The Bertz CT molecular complexity index is 1300. The molecule has 0 spiro atoms. The van der Waals surface area contributed by atoms with Gasteiger partial charge in [0.1, 0.15) is 11.6 Å². The van der Waals surface area contributed by atoms with Crippen LogP contribution in [-0.4, -0.2) is 37.5 Å². The highest BCUT2D eigenvalue weighted by Crippen LogP contribution is 2.34. The number of H-pyrrole nitrogens is 1. The Morgan fingerprint density at radius 1 is 1.19 bits per heavy atom. The zero-order chi connectivity index (χ0) is 22.2. The normalized spacial score (nSPS) is 16.0. The molecule has 3 aromatic heterocycles. The number of anilines is 2. The van der Waals surface area contributed by atoms with Crippen molar-refractivity contribution in [2.24, 2.45) is 0 Å². The summed E-state index contributed by atoms with van der Waals surface area (Å²) in [6.07, 6.45) is 2.90. The summed E-state index contributed by atoms with van der Waals surface area (Å²) in [5, 5.41) is 11.3. The molecule has 1 aromatic carbocycles. The number of aromatic nitrogens is 4. The Morgan fingerprint density at radius 2 is 2.06 bits per heavy atom.